The number of hydrogen-bond donors (Lipinski definition) is 2. The van der Waals surface area contributed by atoms with E-state index < -0.39 is 33.4 Å². The lowest BCUT2D eigenvalue weighted by Gasteiger charge is -2.14. The van der Waals surface area contributed by atoms with Crippen LogP contribution in [0.5, 0.6) is 0 Å². The zero-order valence-electron chi connectivity index (χ0n) is 16.8. The van der Waals surface area contributed by atoms with Crippen LogP contribution < -0.4 is 10.6 Å². The number of carbonyl (C=O) groups is 2. The zero-order chi connectivity index (χ0) is 25.0. The highest BCUT2D eigenvalue weighted by Crippen LogP contribution is 2.34. The van der Waals surface area contributed by atoms with Gasteiger partial charge >= 0.3 is 6.18 Å². The number of nitro groups is 2. The third-order valence-corrected chi connectivity index (χ3v) is 4.46. The monoisotopic (exact) mass is 474 g/mol. The molecule has 2 amide bonds. The van der Waals surface area contributed by atoms with Gasteiger partial charge in [0.2, 0.25) is 0 Å². The molecule has 0 spiro atoms. The second kappa shape index (κ2) is 9.36. The van der Waals surface area contributed by atoms with Gasteiger partial charge in [-0.3, -0.25) is 29.8 Å². The third-order valence-electron chi connectivity index (χ3n) is 4.46. The molecule has 0 radical (unpaired) electrons. The Bertz CT molecular complexity index is 1190. The van der Waals surface area contributed by atoms with E-state index in [-0.39, 0.29) is 33.9 Å². The summed E-state index contributed by atoms with van der Waals surface area (Å²) in [5.41, 5.74) is -2.37. The summed E-state index contributed by atoms with van der Waals surface area (Å²) in [7, 11) is 0. The highest BCUT2D eigenvalue weighted by Gasteiger charge is 2.31. The van der Waals surface area contributed by atoms with Gasteiger partial charge in [-0.2, -0.15) is 13.2 Å². The molecular formula is C21H13F3N4O6. The molecule has 2 N–H and O–H groups in total. The second-order valence-corrected chi connectivity index (χ2v) is 6.81. The van der Waals surface area contributed by atoms with Crippen LogP contribution in [-0.4, -0.2) is 21.7 Å². The van der Waals surface area contributed by atoms with Gasteiger partial charge in [-0.25, -0.2) is 0 Å². The number of amides is 2. The lowest BCUT2D eigenvalue weighted by molar-refractivity contribution is -0.385. The number of alkyl halides is 3. The fraction of sp³-hybridized carbons (Fsp3) is 0.0476. The molecule has 174 valence electrons. The number of rotatable bonds is 6. The van der Waals surface area contributed by atoms with Crippen LogP contribution in [0.25, 0.3) is 0 Å². The summed E-state index contributed by atoms with van der Waals surface area (Å²) in [5, 5.41) is 25.9. The number of non-ortho nitro benzene ring substituents is 2. The van der Waals surface area contributed by atoms with Crippen LogP contribution in [0.3, 0.4) is 0 Å². The van der Waals surface area contributed by atoms with Gasteiger partial charge in [0.05, 0.1) is 15.4 Å². The summed E-state index contributed by atoms with van der Waals surface area (Å²) in [4.78, 5) is 44.9. The largest absolute Gasteiger partial charge is 0.416 e. The van der Waals surface area contributed by atoms with Gasteiger partial charge in [0.1, 0.15) is 0 Å². The minimum Gasteiger partial charge on any atom is -0.322 e. The number of nitrogens with one attached hydrogen (secondary N) is 2. The maximum absolute atomic E-state index is 13.4. The van der Waals surface area contributed by atoms with E-state index in [9.17, 15) is 43.0 Å². The molecule has 13 heteroatoms. The van der Waals surface area contributed by atoms with Crippen molar-refractivity contribution >= 4 is 34.6 Å². The van der Waals surface area contributed by atoms with E-state index in [1.165, 1.54) is 0 Å². The quantitative estimate of drug-likeness (QED) is 0.379. The third kappa shape index (κ3) is 5.70. The molecule has 0 heterocycles. The molecule has 0 aliphatic heterocycles. The Kier molecular flexibility index (Phi) is 6.56. The number of carbonyl (C=O) groups excluding carboxylic acids is 2. The Morgan fingerprint density at radius 1 is 0.676 bits per heavy atom. The van der Waals surface area contributed by atoms with Gasteiger partial charge in [0.25, 0.3) is 23.2 Å². The molecule has 0 aromatic heterocycles. The summed E-state index contributed by atoms with van der Waals surface area (Å²) >= 11 is 0. The lowest BCUT2D eigenvalue weighted by Crippen LogP contribution is -2.16. The number of halogens is 3. The predicted octanol–water partition coefficient (Wildman–Crippen LogP) is 5.03. The van der Waals surface area contributed by atoms with Crippen LogP contribution in [0.2, 0.25) is 0 Å². The average molecular weight is 474 g/mol. The van der Waals surface area contributed by atoms with Crippen LogP contribution in [0.4, 0.5) is 35.9 Å². The van der Waals surface area contributed by atoms with E-state index in [0.717, 1.165) is 54.6 Å². The van der Waals surface area contributed by atoms with Gasteiger partial charge < -0.3 is 10.6 Å². The standard InChI is InChI=1S/C21H13F3N4O6/c22-21(23,24)14-9-15(25-19(29)12-1-5-17(6-2-12)27(31)32)11-16(10-14)26-20(30)13-3-7-18(8-4-13)28(33)34/h1-11H,(H,25,29)(H,26,30). The van der Waals surface area contributed by atoms with Crippen LogP contribution in [0, 0.1) is 20.2 Å². The highest BCUT2D eigenvalue weighted by molar-refractivity contribution is 6.06. The molecule has 0 saturated heterocycles. The highest BCUT2D eigenvalue weighted by atomic mass is 19.4. The van der Waals surface area contributed by atoms with Crippen LogP contribution in [0.1, 0.15) is 26.3 Å². The Hall–Kier alpha value is -4.81. The van der Waals surface area contributed by atoms with Crippen molar-refractivity contribution in [3.63, 3.8) is 0 Å². The van der Waals surface area contributed by atoms with E-state index in [2.05, 4.69) is 10.6 Å². The molecule has 0 aliphatic rings. The van der Waals surface area contributed by atoms with E-state index in [0.29, 0.717) is 12.1 Å². The lowest BCUT2D eigenvalue weighted by atomic mass is 10.1. The molecule has 0 saturated carbocycles. The Balaban J connectivity index is 1.85. The Labute approximate surface area is 188 Å². The molecule has 3 rings (SSSR count). The second-order valence-electron chi connectivity index (χ2n) is 6.81. The van der Waals surface area contributed by atoms with Crippen LogP contribution in [-0.2, 0) is 6.18 Å². The average Bonchev–Trinajstić information content (AvgIpc) is 2.78. The molecule has 0 unspecified atom stereocenters. The zero-order valence-corrected chi connectivity index (χ0v) is 16.8. The number of anilines is 2. The molecule has 0 aliphatic carbocycles. The summed E-state index contributed by atoms with van der Waals surface area (Å²) in [5.74, 6) is -1.66. The Morgan fingerprint density at radius 2 is 1.03 bits per heavy atom. The van der Waals surface area contributed by atoms with Crippen molar-refractivity contribution in [3.05, 3.63) is 104 Å². The topological polar surface area (TPSA) is 144 Å². The summed E-state index contributed by atoms with van der Waals surface area (Å²) in [6.45, 7) is 0. The first-order valence-corrected chi connectivity index (χ1v) is 9.28. The molecule has 3 aromatic rings. The predicted molar refractivity (Wildman–Crippen MR) is 114 cm³/mol. The molecule has 10 nitrogen and oxygen atoms in total. The van der Waals surface area contributed by atoms with Gasteiger partial charge in [-0.05, 0) is 42.5 Å². The van der Waals surface area contributed by atoms with Gasteiger partial charge in [-0.15, -0.1) is 0 Å². The van der Waals surface area contributed by atoms with Crippen molar-refractivity contribution in [1.82, 2.24) is 0 Å². The number of nitro benzene ring substituents is 2. The van der Waals surface area contributed by atoms with Crippen LogP contribution in [0.15, 0.2) is 66.7 Å². The SMILES string of the molecule is O=C(Nc1cc(NC(=O)c2ccc([N+](=O)[O-])cc2)cc(C(F)(F)F)c1)c1ccc([N+](=O)[O-])cc1. The fourth-order valence-electron chi connectivity index (χ4n) is 2.81. The van der Waals surface area contributed by atoms with Gasteiger partial charge in [0, 0.05) is 46.8 Å². The van der Waals surface area contributed by atoms with Gasteiger partial charge in [0.15, 0.2) is 0 Å². The summed E-state index contributed by atoms with van der Waals surface area (Å²) in [6.07, 6.45) is -4.80. The first-order chi connectivity index (χ1) is 15.9. The molecule has 0 atom stereocenters. The van der Waals surface area contributed by atoms with Crippen molar-refractivity contribution in [2.24, 2.45) is 0 Å². The normalized spacial score (nSPS) is 10.9. The molecule has 34 heavy (non-hydrogen) atoms. The summed E-state index contributed by atoms with van der Waals surface area (Å²) in [6, 6.07) is 11.2. The van der Waals surface area contributed by atoms with Crippen molar-refractivity contribution in [1.29, 1.82) is 0 Å². The van der Waals surface area contributed by atoms with Crippen molar-refractivity contribution < 1.29 is 32.6 Å². The summed E-state index contributed by atoms with van der Waals surface area (Å²) < 4.78 is 40.1. The number of hydrogen-bond acceptors (Lipinski definition) is 6. The minimum absolute atomic E-state index is 0.0422. The molecule has 0 fully saturated rings. The van der Waals surface area contributed by atoms with Gasteiger partial charge in [-0.1, -0.05) is 0 Å². The number of nitrogens with zero attached hydrogens (tertiary/aromatic N) is 2. The van der Waals surface area contributed by atoms with Crippen LogP contribution >= 0.6 is 0 Å². The van der Waals surface area contributed by atoms with E-state index in [1.54, 1.807) is 0 Å². The Morgan fingerprint density at radius 3 is 1.32 bits per heavy atom. The maximum atomic E-state index is 13.4. The van der Waals surface area contributed by atoms with Crippen molar-refractivity contribution in [3.8, 4) is 0 Å². The van der Waals surface area contributed by atoms with E-state index >= 15 is 0 Å². The fourth-order valence-corrected chi connectivity index (χ4v) is 2.81. The smallest absolute Gasteiger partial charge is 0.322 e. The number of benzene rings is 3. The van der Waals surface area contributed by atoms with E-state index in [1.807, 2.05) is 0 Å². The molecule has 0 bridgehead atoms. The van der Waals surface area contributed by atoms with Crippen molar-refractivity contribution in [2.45, 2.75) is 6.18 Å². The molecule has 3 aromatic carbocycles. The van der Waals surface area contributed by atoms with Crippen molar-refractivity contribution in [2.75, 3.05) is 10.6 Å². The van der Waals surface area contributed by atoms with E-state index in [4.69, 9.17) is 0 Å². The minimum atomic E-state index is -4.80. The molecular weight excluding hydrogens is 461 g/mol. The maximum Gasteiger partial charge on any atom is 0.416 e. The first-order valence-electron chi connectivity index (χ1n) is 9.28. The first kappa shape index (κ1) is 23.8.